The van der Waals surface area contributed by atoms with E-state index < -0.39 is 0 Å². The maximum Gasteiger partial charge on any atom is 0.131 e. The fourth-order valence-corrected chi connectivity index (χ4v) is 1.68. The zero-order chi connectivity index (χ0) is 10.2. The predicted octanol–water partition coefficient (Wildman–Crippen LogP) is 3.34. The van der Waals surface area contributed by atoms with Crippen LogP contribution in [0, 0.1) is 5.41 Å². The summed E-state index contributed by atoms with van der Waals surface area (Å²) in [5.41, 5.74) is 0.462. The molecule has 1 aromatic rings. The smallest absolute Gasteiger partial charge is 0.131 e. The summed E-state index contributed by atoms with van der Waals surface area (Å²) >= 11 is 5.81. The van der Waals surface area contributed by atoms with Gasteiger partial charge >= 0.3 is 0 Å². The molecule has 0 amide bonds. The van der Waals surface area contributed by atoms with Gasteiger partial charge < -0.3 is 5.32 Å². The number of pyridine rings is 1. The quantitative estimate of drug-likeness (QED) is 0.775. The van der Waals surface area contributed by atoms with Gasteiger partial charge in [-0.15, -0.1) is 0 Å². The minimum Gasteiger partial charge on any atom is -0.367 e. The van der Waals surface area contributed by atoms with Crippen molar-refractivity contribution < 1.29 is 0 Å². The third-order valence-electron chi connectivity index (χ3n) is 3.16. The molecule has 1 aliphatic carbocycles. The van der Waals surface area contributed by atoms with Gasteiger partial charge in [0, 0.05) is 6.04 Å². The lowest BCUT2D eigenvalue weighted by atomic mass is 10.0. The molecule has 2 rings (SSSR count). The van der Waals surface area contributed by atoms with Crippen LogP contribution in [-0.2, 0) is 0 Å². The molecule has 76 valence electrons. The second kappa shape index (κ2) is 3.43. The van der Waals surface area contributed by atoms with Crippen LogP contribution in [0.25, 0.3) is 0 Å². The molecular formula is C11H15ClN2. The van der Waals surface area contributed by atoms with Crippen LogP contribution < -0.4 is 5.32 Å². The highest BCUT2D eigenvalue weighted by Crippen LogP contribution is 2.48. The van der Waals surface area contributed by atoms with Gasteiger partial charge in [0.2, 0.25) is 0 Å². The highest BCUT2D eigenvalue weighted by atomic mass is 35.5. The van der Waals surface area contributed by atoms with Crippen molar-refractivity contribution in [3.63, 3.8) is 0 Å². The third-order valence-corrected chi connectivity index (χ3v) is 3.37. The number of aromatic nitrogens is 1. The molecule has 1 aromatic heterocycles. The topological polar surface area (TPSA) is 24.9 Å². The standard InChI is InChI=1S/C11H15ClN2/c1-8(11(2)6-7-11)13-10-5-3-4-9(12)14-10/h3-5,8H,6-7H2,1-2H3,(H,13,14). The Bertz CT molecular complexity index is 334. The summed E-state index contributed by atoms with van der Waals surface area (Å²) in [4.78, 5) is 4.21. The molecule has 1 saturated carbocycles. The molecule has 1 heterocycles. The molecule has 1 fully saturated rings. The van der Waals surface area contributed by atoms with Gasteiger partial charge in [0.1, 0.15) is 11.0 Å². The van der Waals surface area contributed by atoms with Crippen molar-refractivity contribution in [3.05, 3.63) is 23.4 Å². The maximum atomic E-state index is 5.81. The first-order valence-corrected chi connectivity index (χ1v) is 5.37. The van der Waals surface area contributed by atoms with E-state index in [0.29, 0.717) is 16.6 Å². The second-order valence-corrected chi connectivity index (χ2v) is 4.75. The van der Waals surface area contributed by atoms with Gasteiger partial charge in [-0.25, -0.2) is 4.98 Å². The Labute approximate surface area is 89.7 Å². The van der Waals surface area contributed by atoms with Gasteiger partial charge in [-0.2, -0.15) is 0 Å². The minimum atomic E-state index is 0.462. The number of hydrogen-bond donors (Lipinski definition) is 1. The van der Waals surface area contributed by atoms with E-state index in [1.54, 1.807) is 6.07 Å². The van der Waals surface area contributed by atoms with Gasteiger partial charge in [0.15, 0.2) is 0 Å². The Morgan fingerprint density at radius 1 is 1.50 bits per heavy atom. The van der Waals surface area contributed by atoms with E-state index >= 15 is 0 Å². The lowest BCUT2D eigenvalue weighted by Gasteiger charge is -2.20. The molecule has 0 spiro atoms. The fourth-order valence-electron chi connectivity index (χ4n) is 1.51. The largest absolute Gasteiger partial charge is 0.367 e. The van der Waals surface area contributed by atoms with Crippen molar-refractivity contribution in [1.82, 2.24) is 4.98 Å². The van der Waals surface area contributed by atoms with E-state index in [2.05, 4.69) is 24.1 Å². The summed E-state index contributed by atoms with van der Waals surface area (Å²) in [6.07, 6.45) is 2.61. The van der Waals surface area contributed by atoms with Crippen molar-refractivity contribution in [1.29, 1.82) is 0 Å². The van der Waals surface area contributed by atoms with Gasteiger partial charge in [-0.1, -0.05) is 24.6 Å². The molecule has 3 heteroatoms. The van der Waals surface area contributed by atoms with Crippen LogP contribution in [0.4, 0.5) is 5.82 Å². The van der Waals surface area contributed by atoms with Crippen LogP contribution >= 0.6 is 11.6 Å². The van der Waals surface area contributed by atoms with E-state index in [4.69, 9.17) is 11.6 Å². The molecular weight excluding hydrogens is 196 g/mol. The molecule has 0 bridgehead atoms. The van der Waals surface area contributed by atoms with Crippen molar-refractivity contribution in [2.45, 2.75) is 32.7 Å². The Hall–Kier alpha value is -0.760. The maximum absolute atomic E-state index is 5.81. The van der Waals surface area contributed by atoms with E-state index in [9.17, 15) is 0 Å². The number of halogens is 1. The molecule has 0 aromatic carbocycles. The Morgan fingerprint density at radius 3 is 2.79 bits per heavy atom. The van der Waals surface area contributed by atoms with Gasteiger partial charge in [0.25, 0.3) is 0 Å². The van der Waals surface area contributed by atoms with E-state index in [0.717, 1.165) is 5.82 Å². The zero-order valence-corrected chi connectivity index (χ0v) is 9.30. The van der Waals surface area contributed by atoms with Crippen LogP contribution in [0.5, 0.6) is 0 Å². The summed E-state index contributed by atoms with van der Waals surface area (Å²) in [6.45, 7) is 4.50. The number of rotatable bonds is 3. The molecule has 1 unspecified atom stereocenters. The van der Waals surface area contributed by atoms with E-state index in [1.807, 2.05) is 12.1 Å². The Balaban J connectivity index is 2.03. The lowest BCUT2D eigenvalue weighted by Crippen LogP contribution is -2.25. The van der Waals surface area contributed by atoms with Crippen molar-refractivity contribution in [3.8, 4) is 0 Å². The Kier molecular flexibility index (Phi) is 2.40. The van der Waals surface area contributed by atoms with Gasteiger partial charge in [-0.05, 0) is 37.3 Å². The molecule has 0 aliphatic heterocycles. The molecule has 2 nitrogen and oxygen atoms in total. The third kappa shape index (κ3) is 2.01. The lowest BCUT2D eigenvalue weighted by molar-refractivity contribution is 0.492. The zero-order valence-electron chi connectivity index (χ0n) is 8.55. The minimum absolute atomic E-state index is 0.462. The van der Waals surface area contributed by atoms with Crippen LogP contribution in [0.15, 0.2) is 18.2 Å². The Morgan fingerprint density at radius 2 is 2.21 bits per heavy atom. The summed E-state index contributed by atoms with van der Waals surface area (Å²) in [6, 6.07) is 6.12. The molecule has 14 heavy (non-hydrogen) atoms. The first-order chi connectivity index (χ1) is 6.60. The van der Waals surface area contributed by atoms with Crippen molar-refractivity contribution in [2.24, 2.45) is 5.41 Å². The summed E-state index contributed by atoms with van der Waals surface area (Å²) in [7, 11) is 0. The van der Waals surface area contributed by atoms with Crippen LogP contribution in [0.3, 0.4) is 0 Å². The average Bonchev–Trinajstić information content (AvgIpc) is 2.85. The highest BCUT2D eigenvalue weighted by molar-refractivity contribution is 6.29. The highest BCUT2D eigenvalue weighted by Gasteiger charge is 2.42. The fraction of sp³-hybridized carbons (Fsp3) is 0.545. The molecule has 1 aliphatic rings. The number of hydrogen-bond acceptors (Lipinski definition) is 2. The van der Waals surface area contributed by atoms with E-state index in [1.165, 1.54) is 12.8 Å². The van der Waals surface area contributed by atoms with Gasteiger partial charge in [-0.3, -0.25) is 0 Å². The number of nitrogens with zero attached hydrogens (tertiary/aromatic N) is 1. The van der Waals surface area contributed by atoms with E-state index in [-0.39, 0.29) is 0 Å². The molecule has 0 radical (unpaired) electrons. The number of anilines is 1. The SMILES string of the molecule is CC(Nc1cccc(Cl)n1)C1(C)CC1. The predicted molar refractivity (Wildman–Crippen MR) is 59.7 cm³/mol. The monoisotopic (exact) mass is 210 g/mol. The van der Waals surface area contributed by atoms with Crippen molar-refractivity contribution >= 4 is 17.4 Å². The van der Waals surface area contributed by atoms with Crippen LogP contribution in [-0.4, -0.2) is 11.0 Å². The average molecular weight is 211 g/mol. The molecule has 1 N–H and O–H groups in total. The van der Waals surface area contributed by atoms with Crippen LogP contribution in [0.1, 0.15) is 26.7 Å². The summed E-state index contributed by atoms with van der Waals surface area (Å²) < 4.78 is 0. The normalized spacial score (nSPS) is 20.2. The first kappa shape index (κ1) is 9.78. The second-order valence-electron chi connectivity index (χ2n) is 4.37. The number of nitrogens with one attached hydrogen (secondary N) is 1. The van der Waals surface area contributed by atoms with Crippen molar-refractivity contribution in [2.75, 3.05) is 5.32 Å². The molecule has 0 saturated heterocycles. The molecule has 1 atom stereocenters. The first-order valence-electron chi connectivity index (χ1n) is 4.99. The van der Waals surface area contributed by atoms with Gasteiger partial charge in [0.05, 0.1) is 0 Å². The van der Waals surface area contributed by atoms with Crippen LogP contribution in [0.2, 0.25) is 5.15 Å². The summed E-state index contributed by atoms with van der Waals surface area (Å²) in [5.74, 6) is 0.873. The summed E-state index contributed by atoms with van der Waals surface area (Å²) in [5, 5.41) is 3.93.